The van der Waals surface area contributed by atoms with Gasteiger partial charge in [-0.1, -0.05) is 0 Å². The fourth-order valence-electron chi connectivity index (χ4n) is 5.30. The maximum atomic E-state index is 11.9. The van der Waals surface area contributed by atoms with Gasteiger partial charge in [-0.15, -0.1) is 0 Å². The second-order valence-corrected chi connectivity index (χ2v) is 9.44. The van der Waals surface area contributed by atoms with Crippen molar-refractivity contribution in [2.24, 2.45) is 23.7 Å². The first kappa shape index (κ1) is 15.3. The second kappa shape index (κ2) is 5.38. The SMILES string of the molecule is CNS(=O)(=O)c1ccc(NC2C3CC4CC(C3)CC2C4)c(N)c1. The minimum absolute atomic E-state index is 0.216. The molecule has 6 heteroatoms. The largest absolute Gasteiger partial charge is 0.397 e. The van der Waals surface area contributed by atoms with Crippen LogP contribution in [0.2, 0.25) is 0 Å². The fourth-order valence-corrected chi connectivity index (χ4v) is 6.06. The molecule has 0 amide bonds. The first-order valence-corrected chi connectivity index (χ1v) is 10.0. The van der Waals surface area contributed by atoms with Crippen LogP contribution in [-0.4, -0.2) is 21.5 Å². The van der Waals surface area contributed by atoms with Gasteiger partial charge in [-0.2, -0.15) is 0 Å². The molecule has 4 saturated carbocycles. The summed E-state index contributed by atoms with van der Waals surface area (Å²) in [5, 5.41) is 3.65. The lowest BCUT2D eigenvalue weighted by Gasteiger charge is -2.54. The van der Waals surface area contributed by atoms with E-state index >= 15 is 0 Å². The molecule has 0 radical (unpaired) electrons. The van der Waals surface area contributed by atoms with E-state index in [1.54, 1.807) is 12.1 Å². The van der Waals surface area contributed by atoms with Gasteiger partial charge in [0.15, 0.2) is 0 Å². The average Bonchev–Trinajstić information content (AvgIpc) is 2.51. The van der Waals surface area contributed by atoms with E-state index in [1.807, 2.05) is 6.07 Å². The molecule has 0 saturated heterocycles. The van der Waals surface area contributed by atoms with E-state index < -0.39 is 10.0 Å². The van der Waals surface area contributed by atoms with Crippen molar-refractivity contribution in [1.29, 1.82) is 0 Å². The summed E-state index contributed by atoms with van der Waals surface area (Å²) >= 11 is 0. The molecule has 5 nitrogen and oxygen atoms in total. The zero-order chi connectivity index (χ0) is 16.2. The molecule has 4 aliphatic rings. The van der Waals surface area contributed by atoms with Gasteiger partial charge >= 0.3 is 0 Å². The van der Waals surface area contributed by atoms with Crippen LogP contribution in [0.25, 0.3) is 0 Å². The van der Waals surface area contributed by atoms with Gasteiger partial charge in [-0.25, -0.2) is 13.1 Å². The molecule has 4 N–H and O–H groups in total. The van der Waals surface area contributed by atoms with Crippen LogP contribution in [0.3, 0.4) is 0 Å². The number of sulfonamides is 1. The maximum absolute atomic E-state index is 11.9. The fraction of sp³-hybridized carbons (Fsp3) is 0.647. The predicted octanol–water partition coefficient (Wildman–Crippen LogP) is 2.41. The highest BCUT2D eigenvalue weighted by Crippen LogP contribution is 2.54. The summed E-state index contributed by atoms with van der Waals surface area (Å²) in [5.41, 5.74) is 7.50. The smallest absolute Gasteiger partial charge is 0.240 e. The molecular formula is C17H25N3O2S. The van der Waals surface area contributed by atoms with E-state index in [-0.39, 0.29) is 4.90 Å². The van der Waals surface area contributed by atoms with Crippen LogP contribution in [0.4, 0.5) is 11.4 Å². The normalized spacial score (nSPS) is 35.4. The van der Waals surface area contributed by atoms with Crippen LogP contribution in [0.5, 0.6) is 0 Å². The van der Waals surface area contributed by atoms with Crippen molar-refractivity contribution in [1.82, 2.24) is 4.72 Å². The van der Waals surface area contributed by atoms with Gasteiger partial charge in [0.05, 0.1) is 16.3 Å². The predicted molar refractivity (Wildman–Crippen MR) is 91.6 cm³/mol. The summed E-state index contributed by atoms with van der Waals surface area (Å²) in [6.45, 7) is 0. The highest BCUT2D eigenvalue weighted by Gasteiger charge is 2.48. The van der Waals surface area contributed by atoms with Crippen molar-refractivity contribution in [3.05, 3.63) is 18.2 Å². The first-order valence-electron chi connectivity index (χ1n) is 8.56. The summed E-state index contributed by atoms with van der Waals surface area (Å²) in [6.07, 6.45) is 6.82. The Morgan fingerprint density at radius 3 is 2.17 bits per heavy atom. The molecule has 0 spiro atoms. The topological polar surface area (TPSA) is 84.2 Å². The monoisotopic (exact) mass is 335 g/mol. The number of anilines is 2. The van der Waals surface area contributed by atoms with Crippen molar-refractivity contribution in [3.63, 3.8) is 0 Å². The number of hydrogen-bond acceptors (Lipinski definition) is 4. The molecule has 23 heavy (non-hydrogen) atoms. The highest BCUT2D eigenvalue weighted by molar-refractivity contribution is 7.89. The molecule has 4 bridgehead atoms. The molecular weight excluding hydrogens is 310 g/mol. The zero-order valence-corrected chi connectivity index (χ0v) is 14.3. The number of rotatable bonds is 4. The van der Waals surface area contributed by atoms with Gasteiger partial charge in [-0.3, -0.25) is 0 Å². The number of benzene rings is 1. The third-order valence-electron chi connectivity index (χ3n) is 6.15. The van der Waals surface area contributed by atoms with Crippen molar-refractivity contribution in [3.8, 4) is 0 Å². The van der Waals surface area contributed by atoms with Gasteiger partial charge in [-0.05, 0) is 81.0 Å². The molecule has 126 valence electrons. The van der Waals surface area contributed by atoms with E-state index in [9.17, 15) is 8.42 Å². The van der Waals surface area contributed by atoms with Crippen molar-refractivity contribution in [2.45, 2.75) is 43.0 Å². The average molecular weight is 335 g/mol. The molecule has 1 aromatic carbocycles. The van der Waals surface area contributed by atoms with Crippen molar-refractivity contribution < 1.29 is 8.42 Å². The van der Waals surface area contributed by atoms with Crippen LogP contribution in [-0.2, 0) is 10.0 Å². The zero-order valence-electron chi connectivity index (χ0n) is 13.5. The molecule has 0 aromatic heterocycles. The van der Waals surface area contributed by atoms with E-state index in [4.69, 9.17) is 5.73 Å². The Balaban J connectivity index is 1.55. The highest BCUT2D eigenvalue weighted by atomic mass is 32.2. The van der Waals surface area contributed by atoms with Gasteiger partial charge < -0.3 is 11.1 Å². The Morgan fingerprint density at radius 2 is 1.65 bits per heavy atom. The number of hydrogen-bond donors (Lipinski definition) is 3. The summed E-state index contributed by atoms with van der Waals surface area (Å²) < 4.78 is 26.1. The molecule has 0 heterocycles. The maximum Gasteiger partial charge on any atom is 0.240 e. The Hall–Kier alpha value is -1.27. The Morgan fingerprint density at radius 1 is 1.04 bits per heavy atom. The summed E-state index contributed by atoms with van der Waals surface area (Å²) in [4.78, 5) is 0.216. The quantitative estimate of drug-likeness (QED) is 0.738. The molecule has 0 unspecified atom stereocenters. The number of nitrogens with one attached hydrogen (secondary N) is 2. The van der Waals surface area contributed by atoms with Gasteiger partial charge in [0.25, 0.3) is 0 Å². The van der Waals surface area contributed by atoms with E-state index in [2.05, 4.69) is 10.0 Å². The van der Waals surface area contributed by atoms with E-state index in [1.165, 1.54) is 39.2 Å². The van der Waals surface area contributed by atoms with Crippen LogP contribution in [0.15, 0.2) is 23.1 Å². The van der Waals surface area contributed by atoms with Crippen LogP contribution in [0, 0.1) is 23.7 Å². The summed E-state index contributed by atoms with van der Waals surface area (Å²) in [7, 11) is -2.04. The Bertz CT molecular complexity index is 689. The summed E-state index contributed by atoms with van der Waals surface area (Å²) in [5.74, 6) is 3.39. The minimum atomic E-state index is -3.44. The third-order valence-corrected chi connectivity index (χ3v) is 7.56. The lowest BCUT2D eigenvalue weighted by atomic mass is 9.54. The Kier molecular flexibility index (Phi) is 3.57. The first-order chi connectivity index (χ1) is 11.0. The lowest BCUT2D eigenvalue weighted by Crippen LogP contribution is -2.51. The standard InChI is InChI=1S/C17H25N3O2S/c1-19-23(21,22)14-2-3-16(15(18)9-14)20-17-12-5-10-4-11(7-12)8-13(17)6-10/h2-3,9-13,17,19-20H,4-8,18H2,1H3. The Labute approximate surface area is 138 Å². The van der Waals surface area contributed by atoms with E-state index in [0.717, 1.165) is 29.4 Å². The molecule has 1 aromatic rings. The van der Waals surface area contributed by atoms with Gasteiger partial charge in [0.2, 0.25) is 10.0 Å². The molecule has 0 atom stereocenters. The molecule has 4 aliphatic carbocycles. The van der Waals surface area contributed by atoms with Crippen molar-refractivity contribution in [2.75, 3.05) is 18.1 Å². The van der Waals surface area contributed by atoms with Crippen LogP contribution < -0.4 is 15.8 Å². The molecule has 0 aliphatic heterocycles. The minimum Gasteiger partial charge on any atom is -0.397 e. The van der Waals surface area contributed by atoms with Crippen molar-refractivity contribution >= 4 is 21.4 Å². The number of nitrogens with two attached hydrogens (primary N) is 1. The van der Waals surface area contributed by atoms with Gasteiger partial charge in [0, 0.05) is 6.04 Å². The lowest BCUT2D eigenvalue weighted by molar-refractivity contribution is 0.00756. The van der Waals surface area contributed by atoms with Crippen LogP contribution in [0.1, 0.15) is 32.1 Å². The molecule has 5 rings (SSSR count). The third kappa shape index (κ3) is 2.62. The number of nitrogen functional groups attached to an aromatic ring is 1. The van der Waals surface area contributed by atoms with Crippen LogP contribution >= 0.6 is 0 Å². The molecule has 4 fully saturated rings. The second-order valence-electron chi connectivity index (χ2n) is 7.56. The van der Waals surface area contributed by atoms with E-state index in [0.29, 0.717) is 11.7 Å². The summed E-state index contributed by atoms with van der Waals surface area (Å²) in [6, 6.07) is 5.48. The van der Waals surface area contributed by atoms with Gasteiger partial charge in [0.1, 0.15) is 0 Å².